The molecule has 0 atom stereocenters. The maximum absolute atomic E-state index is 6.08. The Bertz CT molecular complexity index is 2830. The summed E-state index contributed by atoms with van der Waals surface area (Å²) in [6, 6.07) is 39.3. The van der Waals surface area contributed by atoms with E-state index >= 15 is 0 Å². The van der Waals surface area contributed by atoms with Gasteiger partial charge in [0.25, 0.3) is 13.5 Å². The van der Waals surface area contributed by atoms with E-state index in [1.807, 2.05) is 0 Å². The van der Waals surface area contributed by atoms with Gasteiger partial charge in [0.2, 0.25) is 11.4 Å². The van der Waals surface area contributed by atoms with Crippen LogP contribution in [0.4, 0.5) is 0 Å². The molecule has 0 bridgehead atoms. The van der Waals surface area contributed by atoms with Crippen LogP contribution in [0.15, 0.2) is 122 Å². The van der Waals surface area contributed by atoms with Crippen LogP contribution in [0.1, 0.15) is 49.9 Å². The standard InChI is InChI=1S/2C23H18NO/c1-23(2)17-8-5-9-18-20(17)22-21(23)19-15(12-24(22)13-25-18)11-10-14-6-3-4-7-16(14)19;1-23(2)18-8-5-9-19-20(18)22-21(23)16-11-10-14-6-3-4-7-15(14)17(16)12-24(22)13-25-19/h2*3-12H,13H2,1-2H3/q2*+1. The van der Waals surface area contributed by atoms with Crippen LogP contribution in [0.25, 0.3) is 65.6 Å². The van der Waals surface area contributed by atoms with Crippen molar-refractivity contribution in [3.8, 4) is 34.0 Å². The molecule has 12 rings (SSSR count). The normalized spacial score (nSPS) is 16.1. The molecule has 8 aromatic rings. The predicted octanol–water partition coefficient (Wildman–Crippen LogP) is 9.87. The minimum atomic E-state index is -0.0419. The zero-order valence-electron chi connectivity index (χ0n) is 28.7. The minimum absolute atomic E-state index is 0.0297. The number of benzene rings is 6. The first kappa shape index (κ1) is 28.1. The summed E-state index contributed by atoms with van der Waals surface area (Å²) in [4.78, 5) is 0. The molecule has 0 fully saturated rings. The second kappa shape index (κ2) is 9.48. The molecule has 4 heteroatoms. The van der Waals surface area contributed by atoms with Crippen LogP contribution in [0.3, 0.4) is 0 Å². The van der Waals surface area contributed by atoms with Crippen LogP contribution in [0, 0.1) is 0 Å². The first-order chi connectivity index (χ1) is 24.3. The van der Waals surface area contributed by atoms with E-state index in [0.717, 1.165) is 11.5 Å². The van der Waals surface area contributed by atoms with E-state index < -0.39 is 0 Å². The maximum atomic E-state index is 6.08. The lowest BCUT2D eigenvalue weighted by Gasteiger charge is -2.22. The van der Waals surface area contributed by atoms with Crippen LogP contribution in [0.2, 0.25) is 0 Å². The molecule has 0 N–H and O–H groups in total. The third-order valence-corrected chi connectivity index (χ3v) is 11.9. The van der Waals surface area contributed by atoms with Crippen molar-refractivity contribution in [3.05, 3.63) is 144 Å². The molecule has 0 saturated heterocycles. The fourth-order valence-corrected chi connectivity index (χ4v) is 9.68. The van der Waals surface area contributed by atoms with Gasteiger partial charge in [-0.3, -0.25) is 0 Å². The Morgan fingerprint density at radius 1 is 0.460 bits per heavy atom. The summed E-state index contributed by atoms with van der Waals surface area (Å²) < 4.78 is 16.7. The Hall–Kier alpha value is -5.74. The molecule has 4 aliphatic rings. The molecule has 0 radical (unpaired) electrons. The lowest BCUT2D eigenvalue weighted by atomic mass is 9.80. The molecule has 2 aromatic heterocycles. The largest absolute Gasteiger partial charge is 0.435 e. The van der Waals surface area contributed by atoms with Crippen molar-refractivity contribution in [3.63, 3.8) is 0 Å². The Kier molecular flexibility index (Phi) is 5.34. The molecule has 6 aromatic carbocycles. The molecule has 0 amide bonds. The van der Waals surface area contributed by atoms with Crippen LogP contribution in [-0.4, -0.2) is 0 Å². The molecule has 2 aliphatic carbocycles. The van der Waals surface area contributed by atoms with Gasteiger partial charge in [0.05, 0.1) is 16.5 Å². The first-order valence-corrected chi connectivity index (χ1v) is 17.6. The predicted molar refractivity (Wildman–Crippen MR) is 200 cm³/mol. The van der Waals surface area contributed by atoms with Crippen LogP contribution >= 0.6 is 0 Å². The Labute approximate surface area is 290 Å². The molecule has 0 saturated carbocycles. The van der Waals surface area contributed by atoms with Crippen LogP contribution < -0.4 is 18.6 Å². The minimum Gasteiger partial charge on any atom is -0.435 e. The van der Waals surface area contributed by atoms with Crippen molar-refractivity contribution in [2.75, 3.05) is 0 Å². The third kappa shape index (κ3) is 3.46. The fourth-order valence-electron chi connectivity index (χ4n) is 9.68. The second-order valence-electron chi connectivity index (χ2n) is 15.3. The van der Waals surface area contributed by atoms with Crippen LogP contribution in [-0.2, 0) is 24.3 Å². The average molecular weight is 649 g/mol. The highest BCUT2D eigenvalue weighted by Gasteiger charge is 2.48. The lowest BCUT2D eigenvalue weighted by molar-refractivity contribution is -0.716. The Morgan fingerprint density at radius 2 is 1.00 bits per heavy atom. The van der Waals surface area contributed by atoms with Crippen molar-refractivity contribution in [1.82, 2.24) is 0 Å². The van der Waals surface area contributed by atoms with Crippen molar-refractivity contribution < 1.29 is 18.6 Å². The zero-order valence-corrected chi connectivity index (χ0v) is 28.7. The van der Waals surface area contributed by atoms with Gasteiger partial charge in [-0.15, -0.1) is 0 Å². The van der Waals surface area contributed by atoms with E-state index in [9.17, 15) is 0 Å². The molecule has 240 valence electrons. The number of fused-ring (bicyclic) bond motifs is 8. The quantitative estimate of drug-likeness (QED) is 0.121. The van der Waals surface area contributed by atoms with E-state index in [1.165, 1.54) is 87.9 Å². The van der Waals surface area contributed by atoms with Gasteiger partial charge < -0.3 is 9.47 Å². The fraction of sp³-hybridized carbons (Fsp3) is 0.174. The number of hydrogen-bond donors (Lipinski definition) is 0. The SMILES string of the molecule is CC1(C)c2cccc3c2-c2c1c1c(ccc4ccccc41)c[n+]2CO3.CC1(C)c2cccc3c2-c2c1c1ccc4ccccc4c1c[n+]2CO3. The highest BCUT2D eigenvalue weighted by Crippen LogP contribution is 2.56. The van der Waals surface area contributed by atoms with E-state index in [2.05, 4.69) is 158 Å². The summed E-state index contributed by atoms with van der Waals surface area (Å²) in [7, 11) is 0. The van der Waals surface area contributed by atoms with Gasteiger partial charge >= 0.3 is 0 Å². The number of pyridine rings is 2. The second-order valence-corrected chi connectivity index (χ2v) is 15.3. The number of nitrogens with zero attached hydrogens (tertiary/aromatic N) is 2. The van der Waals surface area contributed by atoms with Crippen molar-refractivity contribution in [1.29, 1.82) is 0 Å². The lowest BCUT2D eigenvalue weighted by Crippen LogP contribution is -2.41. The monoisotopic (exact) mass is 648 g/mol. The van der Waals surface area contributed by atoms with Gasteiger partial charge in [0, 0.05) is 32.7 Å². The van der Waals surface area contributed by atoms with Crippen molar-refractivity contribution >= 4 is 43.1 Å². The summed E-state index contributed by atoms with van der Waals surface area (Å²) in [5.41, 5.74) is 10.8. The summed E-state index contributed by atoms with van der Waals surface area (Å²) >= 11 is 0. The highest BCUT2D eigenvalue weighted by molar-refractivity contribution is 6.12. The van der Waals surface area contributed by atoms with Crippen molar-refractivity contribution in [2.24, 2.45) is 0 Å². The number of hydrogen-bond acceptors (Lipinski definition) is 2. The van der Waals surface area contributed by atoms with E-state index in [4.69, 9.17) is 9.47 Å². The van der Waals surface area contributed by atoms with E-state index in [1.54, 1.807) is 0 Å². The molecule has 0 spiro atoms. The molecule has 0 unspecified atom stereocenters. The number of ether oxygens (including phenoxy) is 2. The van der Waals surface area contributed by atoms with Crippen molar-refractivity contribution in [2.45, 2.75) is 52.0 Å². The number of rotatable bonds is 0. The zero-order chi connectivity index (χ0) is 33.5. The van der Waals surface area contributed by atoms with Gasteiger partial charge in [-0.1, -0.05) is 119 Å². The smallest absolute Gasteiger partial charge is 0.292 e. The van der Waals surface area contributed by atoms with Crippen LogP contribution in [0.5, 0.6) is 11.5 Å². The van der Waals surface area contributed by atoms with E-state index in [0.29, 0.717) is 13.5 Å². The Morgan fingerprint density at radius 3 is 1.70 bits per heavy atom. The molecule has 2 aliphatic heterocycles. The topological polar surface area (TPSA) is 26.2 Å². The Balaban J connectivity index is 0.000000120. The summed E-state index contributed by atoms with van der Waals surface area (Å²) in [6.07, 6.45) is 4.53. The van der Waals surface area contributed by atoms with Gasteiger partial charge in [-0.2, -0.15) is 9.13 Å². The molecular formula is C46H36N2O2+2. The van der Waals surface area contributed by atoms with Gasteiger partial charge in [0.15, 0.2) is 12.4 Å². The van der Waals surface area contributed by atoms with E-state index in [-0.39, 0.29) is 10.8 Å². The van der Waals surface area contributed by atoms with Gasteiger partial charge in [-0.05, 0) is 56.3 Å². The first-order valence-electron chi connectivity index (χ1n) is 17.6. The molecule has 50 heavy (non-hydrogen) atoms. The summed E-state index contributed by atoms with van der Waals surface area (Å²) in [5.74, 6) is 2.04. The maximum Gasteiger partial charge on any atom is 0.292 e. The van der Waals surface area contributed by atoms with Gasteiger partial charge in [0.1, 0.15) is 11.5 Å². The number of aromatic nitrogens is 2. The highest BCUT2D eigenvalue weighted by atomic mass is 16.5. The summed E-state index contributed by atoms with van der Waals surface area (Å²) in [6.45, 7) is 10.5. The molecule has 4 nitrogen and oxygen atoms in total. The molecule has 4 heterocycles. The van der Waals surface area contributed by atoms with Gasteiger partial charge in [-0.25, -0.2) is 0 Å². The summed E-state index contributed by atoms with van der Waals surface area (Å²) in [5, 5.41) is 10.6. The average Bonchev–Trinajstić information content (AvgIpc) is 3.54. The molecular weight excluding hydrogens is 613 g/mol. The third-order valence-electron chi connectivity index (χ3n) is 11.9.